The van der Waals surface area contributed by atoms with Gasteiger partial charge in [-0.25, -0.2) is 0 Å². The first-order chi connectivity index (χ1) is 7.67. The van der Waals surface area contributed by atoms with Crippen molar-refractivity contribution >= 4 is 22.6 Å². The summed E-state index contributed by atoms with van der Waals surface area (Å²) in [4.78, 5) is 0. The molecule has 0 atom stereocenters. The zero-order valence-corrected chi connectivity index (χ0v) is 9.97. The molecule has 1 heterocycles. The Kier molecular flexibility index (Phi) is 3.08. The van der Waals surface area contributed by atoms with Crippen molar-refractivity contribution in [2.75, 3.05) is 13.7 Å². The van der Waals surface area contributed by atoms with E-state index in [1.807, 2.05) is 19.1 Å². The SMILES string of the molecule is COc1cc(CCO)c(Cl)c2cc(C)oc12. The molecule has 0 aliphatic carbocycles. The van der Waals surface area contributed by atoms with Crippen LogP contribution in [-0.4, -0.2) is 18.8 Å². The highest BCUT2D eigenvalue weighted by atomic mass is 35.5. The Morgan fingerprint density at radius 3 is 2.81 bits per heavy atom. The Balaban J connectivity index is 2.71. The van der Waals surface area contributed by atoms with Gasteiger partial charge in [0.15, 0.2) is 11.3 Å². The standard InChI is InChI=1S/C12H13ClO3/c1-7-5-9-11(13)8(3-4-14)6-10(15-2)12(9)16-7/h5-6,14H,3-4H2,1-2H3. The number of hydrogen-bond donors (Lipinski definition) is 1. The Morgan fingerprint density at radius 1 is 1.44 bits per heavy atom. The summed E-state index contributed by atoms with van der Waals surface area (Å²) in [7, 11) is 1.59. The highest BCUT2D eigenvalue weighted by Crippen LogP contribution is 2.36. The van der Waals surface area contributed by atoms with E-state index in [-0.39, 0.29) is 6.61 Å². The minimum absolute atomic E-state index is 0.0607. The predicted molar refractivity (Wildman–Crippen MR) is 63.3 cm³/mol. The lowest BCUT2D eigenvalue weighted by molar-refractivity contribution is 0.299. The van der Waals surface area contributed by atoms with Crippen molar-refractivity contribution in [3.8, 4) is 5.75 Å². The highest BCUT2D eigenvalue weighted by molar-refractivity contribution is 6.36. The molecule has 0 aliphatic heterocycles. The largest absolute Gasteiger partial charge is 0.493 e. The molecule has 0 spiro atoms. The molecule has 16 heavy (non-hydrogen) atoms. The van der Waals surface area contributed by atoms with Crippen molar-refractivity contribution in [1.29, 1.82) is 0 Å². The summed E-state index contributed by atoms with van der Waals surface area (Å²) in [6, 6.07) is 3.69. The molecular formula is C12H13ClO3. The summed E-state index contributed by atoms with van der Waals surface area (Å²) >= 11 is 6.24. The zero-order valence-electron chi connectivity index (χ0n) is 9.21. The fourth-order valence-corrected chi connectivity index (χ4v) is 2.06. The summed E-state index contributed by atoms with van der Waals surface area (Å²) in [6.45, 7) is 1.92. The lowest BCUT2D eigenvalue weighted by Crippen LogP contribution is -1.94. The van der Waals surface area contributed by atoms with Crippen LogP contribution in [0.25, 0.3) is 11.0 Å². The van der Waals surface area contributed by atoms with Gasteiger partial charge in [-0.15, -0.1) is 0 Å². The quantitative estimate of drug-likeness (QED) is 0.897. The third-order valence-electron chi connectivity index (χ3n) is 2.50. The second kappa shape index (κ2) is 4.36. The minimum Gasteiger partial charge on any atom is -0.493 e. The van der Waals surface area contributed by atoms with Crippen LogP contribution in [0.1, 0.15) is 11.3 Å². The van der Waals surface area contributed by atoms with Gasteiger partial charge in [0.05, 0.1) is 12.1 Å². The van der Waals surface area contributed by atoms with E-state index in [1.165, 1.54) is 0 Å². The molecule has 4 heteroatoms. The number of benzene rings is 1. The van der Waals surface area contributed by atoms with Gasteiger partial charge >= 0.3 is 0 Å². The fourth-order valence-electron chi connectivity index (χ4n) is 1.77. The number of aliphatic hydroxyl groups is 1. The molecule has 2 aromatic rings. The first kappa shape index (κ1) is 11.3. The summed E-state index contributed by atoms with van der Waals surface area (Å²) in [5.74, 6) is 1.44. The molecule has 0 fully saturated rings. The van der Waals surface area contributed by atoms with E-state index in [9.17, 15) is 0 Å². The Morgan fingerprint density at radius 2 is 2.19 bits per heavy atom. The van der Waals surface area contributed by atoms with E-state index in [1.54, 1.807) is 7.11 Å². The molecule has 1 aromatic carbocycles. The van der Waals surface area contributed by atoms with Gasteiger partial charge in [0.1, 0.15) is 5.76 Å². The summed E-state index contributed by atoms with van der Waals surface area (Å²) < 4.78 is 10.8. The molecule has 0 unspecified atom stereocenters. The number of rotatable bonds is 3. The van der Waals surface area contributed by atoms with Gasteiger partial charge in [-0.2, -0.15) is 0 Å². The van der Waals surface area contributed by atoms with Crippen molar-refractivity contribution < 1.29 is 14.3 Å². The van der Waals surface area contributed by atoms with Gasteiger partial charge in [0, 0.05) is 12.0 Å². The maximum Gasteiger partial charge on any atom is 0.177 e. The van der Waals surface area contributed by atoms with Gasteiger partial charge < -0.3 is 14.3 Å². The van der Waals surface area contributed by atoms with Crippen LogP contribution in [-0.2, 0) is 6.42 Å². The third-order valence-corrected chi connectivity index (χ3v) is 2.95. The van der Waals surface area contributed by atoms with Gasteiger partial charge in [-0.1, -0.05) is 11.6 Å². The number of halogens is 1. The van der Waals surface area contributed by atoms with Crippen LogP contribution in [0.2, 0.25) is 5.02 Å². The van der Waals surface area contributed by atoms with Crippen molar-refractivity contribution in [2.45, 2.75) is 13.3 Å². The van der Waals surface area contributed by atoms with Crippen LogP contribution in [0, 0.1) is 6.92 Å². The molecule has 0 amide bonds. The number of aryl methyl sites for hydroxylation is 1. The number of ether oxygens (including phenoxy) is 1. The lowest BCUT2D eigenvalue weighted by Gasteiger charge is -2.07. The number of fused-ring (bicyclic) bond motifs is 1. The molecule has 0 bridgehead atoms. The Labute approximate surface area is 98.6 Å². The predicted octanol–water partition coefficient (Wildman–Crippen LogP) is 2.94. The van der Waals surface area contributed by atoms with E-state index in [4.69, 9.17) is 25.9 Å². The van der Waals surface area contributed by atoms with Gasteiger partial charge in [-0.05, 0) is 31.0 Å². The summed E-state index contributed by atoms with van der Waals surface area (Å²) in [5, 5.41) is 10.4. The minimum atomic E-state index is 0.0607. The highest BCUT2D eigenvalue weighted by Gasteiger charge is 2.14. The molecule has 0 saturated carbocycles. The summed E-state index contributed by atoms with van der Waals surface area (Å²) in [5.41, 5.74) is 1.53. The van der Waals surface area contributed by atoms with Crippen LogP contribution in [0.15, 0.2) is 16.5 Å². The van der Waals surface area contributed by atoms with E-state index in [0.29, 0.717) is 22.8 Å². The topological polar surface area (TPSA) is 42.6 Å². The molecule has 1 N–H and O–H groups in total. The van der Waals surface area contributed by atoms with Crippen molar-refractivity contribution in [3.05, 3.63) is 28.5 Å². The maximum absolute atomic E-state index is 8.96. The van der Waals surface area contributed by atoms with E-state index < -0.39 is 0 Å². The smallest absolute Gasteiger partial charge is 0.177 e. The number of aliphatic hydroxyl groups excluding tert-OH is 1. The maximum atomic E-state index is 8.96. The van der Waals surface area contributed by atoms with E-state index in [2.05, 4.69) is 0 Å². The van der Waals surface area contributed by atoms with Gasteiger partial charge in [0.25, 0.3) is 0 Å². The molecule has 1 aromatic heterocycles. The number of hydrogen-bond acceptors (Lipinski definition) is 3. The molecule has 0 saturated heterocycles. The van der Waals surface area contributed by atoms with Gasteiger partial charge in [0.2, 0.25) is 0 Å². The van der Waals surface area contributed by atoms with Crippen LogP contribution in [0.3, 0.4) is 0 Å². The molecule has 3 nitrogen and oxygen atoms in total. The molecule has 86 valence electrons. The lowest BCUT2D eigenvalue weighted by atomic mass is 10.1. The molecule has 0 radical (unpaired) electrons. The Bertz CT molecular complexity index is 516. The molecular weight excluding hydrogens is 228 g/mol. The average molecular weight is 241 g/mol. The zero-order chi connectivity index (χ0) is 11.7. The molecule has 0 aliphatic rings. The summed E-state index contributed by atoms with van der Waals surface area (Å²) in [6.07, 6.45) is 0.509. The van der Waals surface area contributed by atoms with Crippen LogP contribution in [0.4, 0.5) is 0 Å². The second-order valence-electron chi connectivity index (χ2n) is 3.63. The fraction of sp³-hybridized carbons (Fsp3) is 0.333. The number of furan rings is 1. The van der Waals surface area contributed by atoms with E-state index in [0.717, 1.165) is 16.7 Å². The van der Waals surface area contributed by atoms with E-state index >= 15 is 0 Å². The van der Waals surface area contributed by atoms with Crippen molar-refractivity contribution in [3.63, 3.8) is 0 Å². The third kappa shape index (κ3) is 1.77. The first-order valence-electron chi connectivity index (χ1n) is 5.03. The van der Waals surface area contributed by atoms with Crippen LogP contribution < -0.4 is 4.74 Å². The molecule has 2 rings (SSSR count). The van der Waals surface area contributed by atoms with Crippen molar-refractivity contribution in [1.82, 2.24) is 0 Å². The van der Waals surface area contributed by atoms with Gasteiger partial charge in [-0.3, -0.25) is 0 Å². The van der Waals surface area contributed by atoms with Crippen LogP contribution in [0.5, 0.6) is 5.75 Å². The second-order valence-corrected chi connectivity index (χ2v) is 4.00. The Hall–Kier alpha value is -1.19. The first-order valence-corrected chi connectivity index (χ1v) is 5.41. The monoisotopic (exact) mass is 240 g/mol. The van der Waals surface area contributed by atoms with Crippen LogP contribution >= 0.6 is 11.6 Å². The average Bonchev–Trinajstić information content (AvgIpc) is 2.65. The number of methoxy groups -OCH3 is 1. The van der Waals surface area contributed by atoms with Crippen molar-refractivity contribution in [2.24, 2.45) is 0 Å². The normalized spacial score (nSPS) is 11.0.